The first kappa shape index (κ1) is 16.5. The predicted octanol–water partition coefficient (Wildman–Crippen LogP) is 2.66. The second-order valence-corrected chi connectivity index (χ2v) is 5.97. The molecule has 1 atom stereocenters. The van der Waals surface area contributed by atoms with Crippen LogP contribution >= 0.6 is 0 Å². The molecule has 6 heteroatoms. The molecule has 0 spiro atoms. The summed E-state index contributed by atoms with van der Waals surface area (Å²) in [5.41, 5.74) is 0.925. The summed E-state index contributed by atoms with van der Waals surface area (Å²) in [7, 11) is 1.83. The zero-order valence-corrected chi connectivity index (χ0v) is 13.3. The lowest BCUT2D eigenvalue weighted by atomic mass is 10.2. The third-order valence-corrected chi connectivity index (χ3v) is 4.20. The number of hydrogen-bond donors (Lipinski definition) is 2. The molecule has 1 heterocycles. The average molecular weight is 309 g/mol. The molecule has 1 aromatic carbocycles. The van der Waals surface area contributed by atoms with Crippen molar-refractivity contribution in [2.45, 2.75) is 38.8 Å². The van der Waals surface area contributed by atoms with Crippen molar-refractivity contribution in [1.29, 1.82) is 0 Å². The van der Waals surface area contributed by atoms with Gasteiger partial charge >= 0.3 is 6.03 Å². The van der Waals surface area contributed by atoms with Crippen LogP contribution in [0.25, 0.3) is 0 Å². The number of nitrogens with one attached hydrogen (secondary N) is 1. The molecule has 2 rings (SSSR count). The summed E-state index contributed by atoms with van der Waals surface area (Å²) in [6, 6.07) is 4.44. The highest BCUT2D eigenvalue weighted by atomic mass is 19.1. The van der Waals surface area contributed by atoms with Crippen molar-refractivity contribution in [3.63, 3.8) is 0 Å². The number of aliphatic hydroxyl groups excluding tert-OH is 1. The Kier molecular flexibility index (Phi) is 5.24. The number of aliphatic hydroxyl groups is 1. The Labute approximate surface area is 130 Å². The van der Waals surface area contributed by atoms with Crippen LogP contribution in [0, 0.1) is 5.82 Å². The smallest absolute Gasteiger partial charge is 0.322 e. The molecule has 1 aliphatic rings. The van der Waals surface area contributed by atoms with Crippen molar-refractivity contribution >= 4 is 17.4 Å². The van der Waals surface area contributed by atoms with Gasteiger partial charge in [0.2, 0.25) is 0 Å². The molecule has 0 bridgehead atoms. The minimum absolute atomic E-state index is 0.0418. The van der Waals surface area contributed by atoms with Crippen LogP contribution in [-0.2, 0) is 0 Å². The van der Waals surface area contributed by atoms with Crippen molar-refractivity contribution < 1.29 is 14.3 Å². The summed E-state index contributed by atoms with van der Waals surface area (Å²) in [5, 5.41) is 12.0. The Morgan fingerprint density at radius 3 is 2.86 bits per heavy atom. The summed E-state index contributed by atoms with van der Waals surface area (Å²) in [5.74, 6) is -0.367. The molecule has 0 saturated carbocycles. The van der Waals surface area contributed by atoms with Gasteiger partial charge in [-0.2, -0.15) is 0 Å². The van der Waals surface area contributed by atoms with Crippen LogP contribution in [-0.4, -0.2) is 48.3 Å². The van der Waals surface area contributed by atoms with E-state index >= 15 is 0 Å². The quantitative estimate of drug-likeness (QED) is 0.899. The van der Waals surface area contributed by atoms with E-state index in [-0.39, 0.29) is 30.5 Å². The number of hydrogen-bond acceptors (Lipinski definition) is 3. The number of nitrogens with zero attached hydrogens (tertiary/aromatic N) is 2. The number of anilines is 2. The molecule has 0 aromatic heterocycles. The van der Waals surface area contributed by atoms with Crippen LogP contribution in [0.3, 0.4) is 0 Å². The zero-order valence-electron chi connectivity index (χ0n) is 13.3. The highest BCUT2D eigenvalue weighted by Crippen LogP contribution is 2.24. The van der Waals surface area contributed by atoms with Gasteiger partial charge in [-0.1, -0.05) is 0 Å². The Morgan fingerprint density at radius 2 is 2.27 bits per heavy atom. The Bertz CT molecular complexity index is 536. The summed E-state index contributed by atoms with van der Waals surface area (Å²) < 4.78 is 14.2. The summed E-state index contributed by atoms with van der Waals surface area (Å²) >= 11 is 0. The Hall–Kier alpha value is -1.82. The normalized spacial score (nSPS) is 17.9. The van der Waals surface area contributed by atoms with Gasteiger partial charge in [-0.3, -0.25) is 0 Å². The fourth-order valence-corrected chi connectivity index (χ4v) is 2.64. The molecule has 1 fully saturated rings. The standard InChI is InChI=1S/C16H24FN3O2/c1-11(2)19(3)15-7-6-12(9-14(15)17)18-16(22)20-8-4-5-13(20)10-21/h6-7,9,11,13,21H,4-5,8,10H2,1-3H3,(H,18,22)/t13-/m0/s1. The lowest BCUT2D eigenvalue weighted by molar-refractivity contribution is 0.166. The van der Waals surface area contributed by atoms with Crippen molar-refractivity contribution in [1.82, 2.24) is 4.90 Å². The van der Waals surface area contributed by atoms with E-state index in [4.69, 9.17) is 0 Å². The maximum atomic E-state index is 14.2. The zero-order chi connectivity index (χ0) is 16.3. The maximum absolute atomic E-state index is 14.2. The summed E-state index contributed by atoms with van der Waals surface area (Å²) in [6.07, 6.45) is 1.68. The van der Waals surface area contributed by atoms with Gasteiger partial charge in [-0.05, 0) is 44.9 Å². The third-order valence-electron chi connectivity index (χ3n) is 4.20. The number of urea groups is 1. The molecule has 0 unspecified atom stereocenters. The lowest BCUT2D eigenvalue weighted by Crippen LogP contribution is -2.40. The average Bonchev–Trinajstić information content (AvgIpc) is 2.95. The molecule has 0 aliphatic carbocycles. The molecule has 5 nitrogen and oxygen atoms in total. The van der Waals surface area contributed by atoms with Gasteiger partial charge < -0.3 is 20.2 Å². The van der Waals surface area contributed by atoms with Gasteiger partial charge in [0.05, 0.1) is 18.3 Å². The largest absolute Gasteiger partial charge is 0.394 e. The van der Waals surface area contributed by atoms with Crippen LogP contribution in [0.1, 0.15) is 26.7 Å². The first-order chi connectivity index (χ1) is 10.4. The summed E-state index contributed by atoms with van der Waals surface area (Å²) in [6.45, 7) is 4.54. The fourth-order valence-electron chi connectivity index (χ4n) is 2.64. The third kappa shape index (κ3) is 3.50. The van der Waals surface area contributed by atoms with E-state index in [1.165, 1.54) is 6.07 Å². The second-order valence-electron chi connectivity index (χ2n) is 5.97. The second kappa shape index (κ2) is 6.96. The van der Waals surface area contributed by atoms with E-state index in [0.29, 0.717) is 17.9 Å². The molecular weight excluding hydrogens is 285 g/mol. The van der Waals surface area contributed by atoms with Crippen LogP contribution in [0.15, 0.2) is 18.2 Å². The number of likely N-dealkylation sites (tertiary alicyclic amines) is 1. The van der Waals surface area contributed by atoms with Crippen LogP contribution in [0.4, 0.5) is 20.6 Å². The van der Waals surface area contributed by atoms with Gasteiger partial charge in [0, 0.05) is 25.3 Å². The van der Waals surface area contributed by atoms with Crippen LogP contribution in [0.5, 0.6) is 0 Å². The van der Waals surface area contributed by atoms with Crippen molar-refractivity contribution in [3.8, 4) is 0 Å². The van der Waals surface area contributed by atoms with Gasteiger partial charge in [0.25, 0.3) is 0 Å². The van der Waals surface area contributed by atoms with Crippen LogP contribution in [0.2, 0.25) is 0 Å². The van der Waals surface area contributed by atoms with Crippen molar-refractivity contribution in [3.05, 3.63) is 24.0 Å². The molecule has 22 heavy (non-hydrogen) atoms. The molecule has 1 saturated heterocycles. The number of amides is 2. The van der Waals surface area contributed by atoms with E-state index in [0.717, 1.165) is 12.8 Å². The molecule has 0 radical (unpaired) electrons. The molecule has 2 amide bonds. The van der Waals surface area contributed by atoms with Crippen LogP contribution < -0.4 is 10.2 Å². The molecule has 122 valence electrons. The number of benzene rings is 1. The highest BCUT2D eigenvalue weighted by Gasteiger charge is 2.28. The fraction of sp³-hybridized carbons (Fsp3) is 0.562. The van der Waals surface area contributed by atoms with Gasteiger partial charge in [-0.15, -0.1) is 0 Å². The van der Waals surface area contributed by atoms with Gasteiger partial charge in [0.1, 0.15) is 5.82 Å². The Balaban J connectivity index is 2.07. The van der Waals surface area contributed by atoms with E-state index in [1.807, 2.05) is 25.8 Å². The van der Waals surface area contributed by atoms with E-state index in [1.54, 1.807) is 17.0 Å². The van der Waals surface area contributed by atoms with Crippen molar-refractivity contribution in [2.24, 2.45) is 0 Å². The molecule has 1 aromatic rings. The highest BCUT2D eigenvalue weighted by molar-refractivity contribution is 5.90. The van der Waals surface area contributed by atoms with Gasteiger partial charge in [-0.25, -0.2) is 9.18 Å². The number of rotatable bonds is 4. The minimum atomic E-state index is -0.367. The topological polar surface area (TPSA) is 55.8 Å². The molecule has 2 N–H and O–H groups in total. The maximum Gasteiger partial charge on any atom is 0.322 e. The molecular formula is C16H24FN3O2. The monoisotopic (exact) mass is 309 g/mol. The Morgan fingerprint density at radius 1 is 1.55 bits per heavy atom. The van der Waals surface area contributed by atoms with E-state index < -0.39 is 0 Å². The van der Waals surface area contributed by atoms with E-state index in [2.05, 4.69) is 5.32 Å². The number of carbonyl (C=O) groups excluding carboxylic acids is 1. The predicted molar refractivity (Wildman–Crippen MR) is 85.8 cm³/mol. The van der Waals surface area contributed by atoms with Crippen molar-refractivity contribution in [2.75, 3.05) is 30.4 Å². The summed E-state index contributed by atoms with van der Waals surface area (Å²) in [4.78, 5) is 15.6. The number of halogens is 1. The van der Waals surface area contributed by atoms with Gasteiger partial charge in [0.15, 0.2) is 0 Å². The lowest BCUT2D eigenvalue weighted by Gasteiger charge is -2.25. The molecule has 1 aliphatic heterocycles. The first-order valence-electron chi connectivity index (χ1n) is 7.65. The first-order valence-corrected chi connectivity index (χ1v) is 7.65. The number of carbonyl (C=O) groups is 1. The minimum Gasteiger partial charge on any atom is -0.394 e. The SMILES string of the molecule is CC(C)N(C)c1ccc(NC(=O)N2CCC[C@H]2CO)cc1F. The van der Waals surface area contributed by atoms with E-state index in [9.17, 15) is 14.3 Å².